The Hall–Kier alpha value is -1.79. The molecule has 3 rings (SSSR count). The number of hydrogen-bond donors (Lipinski definition) is 0. The van der Waals surface area contributed by atoms with Gasteiger partial charge in [-0.1, -0.05) is 23.4 Å². The van der Waals surface area contributed by atoms with Gasteiger partial charge in [-0.25, -0.2) is 9.50 Å². The van der Waals surface area contributed by atoms with Crippen molar-refractivity contribution < 1.29 is 4.74 Å². The van der Waals surface area contributed by atoms with Gasteiger partial charge >= 0.3 is 0 Å². The normalized spacial score (nSPS) is 11.0. The first kappa shape index (κ1) is 14.2. The summed E-state index contributed by atoms with van der Waals surface area (Å²) in [4.78, 5) is 8.54. The summed E-state index contributed by atoms with van der Waals surface area (Å²) in [5.74, 6) is 2.19. The van der Waals surface area contributed by atoms with E-state index in [2.05, 4.69) is 15.1 Å². The van der Waals surface area contributed by atoms with E-state index >= 15 is 0 Å². The molecule has 0 saturated carbocycles. The summed E-state index contributed by atoms with van der Waals surface area (Å²) in [6.07, 6.45) is 1.73. The molecule has 1 aromatic carbocycles. The molecule has 3 aromatic rings. The van der Waals surface area contributed by atoms with Crippen molar-refractivity contribution in [3.63, 3.8) is 0 Å². The van der Waals surface area contributed by atoms with Crippen LogP contribution < -0.4 is 4.74 Å². The van der Waals surface area contributed by atoms with Crippen molar-refractivity contribution in [2.24, 2.45) is 0 Å². The van der Waals surface area contributed by atoms with Crippen LogP contribution in [-0.2, 0) is 0 Å². The van der Waals surface area contributed by atoms with E-state index in [-0.39, 0.29) is 0 Å². The smallest absolute Gasteiger partial charge is 0.253 e. The molecule has 0 amide bonds. The maximum absolute atomic E-state index is 5.82. The quantitative estimate of drug-likeness (QED) is 0.533. The standard InChI is InChI=1S/C14H13ClN4OS/c1-10-6-7-16-13-17-14(18-19(10)13)21-9-8-20-12-4-2-11(15)3-5-12/h2-7H,8-9H2,1H3. The lowest BCUT2D eigenvalue weighted by molar-refractivity contribution is 0.344. The van der Waals surface area contributed by atoms with Crippen molar-refractivity contribution in [1.29, 1.82) is 0 Å². The van der Waals surface area contributed by atoms with Crippen LogP contribution in [0.4, 0.5) is 0 Å². The van der Waals surface area contributed by atoms with Gasteiger partial charge in [0.2, 0.25) is 5.16 Å². The van der Waals surface area contributed by atoms with E-state index in [1.807, 2.05) is 37.3 Å². The first-order chi connectivity index (χ1) is 10.2. The molecule has 2 heterocycles. The fraction of sp³-hybridized carbons (Fsp3) is 0.214. The molecular formula is C14H13ClN4OS. The number of fused-ring (bicyclic) bond motifs is 1. The van der Waals surface area contributed by atoms with Crippen molar-refractivity contribution >= 4 is 29.1 Å². The Labute approximate surface area is 131 Å². The molecule has 5 nitrogen and oxygen atoms in total. The highest BCUT2D eigenvalue weighted by Crippen LogP contribution is 2.17. The highest BCUT2D eigenvalue weighted by molar-refractivity contribution is 7.99. The summed E-state index contributed by atoms with van der Waals surface area (Å²) >= 11 is 7.36. The minimum absolute atomic E-state index is 0.578. The molecule has 7 heteroatoms. The predicted molar refractivity (Wildman–Crippen MR) is 83.2 cm³/mol. The molecule has 0 fully saturated rings. The number of hydrogen-bond acceptors (Lipinski definition) is 5. The first-order valence-corrected chi connectivity index (χ1v) is 7.78. The van der Waals surface area contributed by atoms with E-state index in [1.54, 1.807) is 22.5 Å². The second kappa shape index (κ2) is 6.32. The molecule has 0 N–H and O–H groups in total. The summed E-state index contributed by atoms with van der Waals surface area (Å²) in [7, 11) is 0. The molecule has 21 heavy (non-hydrogen) atoms. The summed E-state index contributed by atoms with van der Waals surface area (Å²) < 4.78 is 7.36. The molecule has 2 aromatic heterocycles. The van der Waals surface area contributed by atoms with E-state index in [9.17, 15) is 0 Å². The SMILES string of the molecule is Cc1ccnc2nc(SCCOc3ccc(Cl)cc3)nn12. The zero-order valence-electron chi connectivity index (χ0n) is 11.4. The van der Waals surface area contributed by atoms with Crippen molar-refractivity contribution in [3.8, 4) is 5.75 Å². The minimum Gasteiger partial charge on any atom is -0.493 e. The highest BCUT2D eigenvalue weighted by atomic mass is 35.5. The number of aromatic nitrogens is 4. The largest absolute Gasteiger partial charge is 0.493 e. The van der Waals surface area contributed by atoms with Gasteiger partial charge in [-0.3, -0.25) is 0 Å². The third-order valence-electron chi connectivity index (χ3n) is 2.81. The Morgan fingerprint density at radius 1 is 1.24 bits per heavy atom. The summed E-state index contributed by atoms with van der Waals surface area (Å²) in [5, 5.41) is 5.81. The number of halogens is 1. The van der Waals surface area contributed by atoms with Gasteiger partial charge in [0.25, 0.3) is 5.78 Å². The number of nitrogens with zero attached hydrogens (tertiary/aromatic N) is 4. The Morgan fingerprint density at radius 2 is 2.05 bits per heavy atom. The van der Waals surface area contributed by atoms with E-state index in [4.69, 9.17) is 16.3 Å². The molecule has 0 bridgehead atoms. The summed E-state index contributed by atoms with van der Waals surface area (Å²) in [6, 6.07) is 9.22. The third kappa shape index (κ3) is 3.46. The lowest BCUT2D eigenvalue weighted by atomic mass is 10.3. The number of thioether (sulfide) groups is 1. The molecule has 0 saturated heterocycles. The maximum atomic E-state index is 5.82. The number of rotatable bonds is 5. The van der Waals surface area contributed by atoms with Crippen molar-refractivity contribution in [2.45, 2.75) is 12.1 Å². The fourth-order valence-electron chi connectivity index (χ4n) is 1.77. The molecule has 0 radical (unpaired) electrons. The van der Waals surface area contributed by atoms with Crippen molar-refractivity contribution in [3.05, 3.63) is 47.2 Å². The molecule has 108 valence electrons. The van der Waals surface area contributed by atoms with E-state index in [1.165, 1.54) is 0 Å². The average molecular weight is 321 g/mol. The zero-order valence-corrected chi connectivity index (χ0v) is 12.9. The molecule has 0 unspecified atom stereocenters. The van der Waals surface area contributed by atoms with Crippen LogP contribution in [0, 0.1) is 6.92 Å². The van der Waals surface area contributed by atoms with Crippen LogP contribution in [0.1, 0.15) is 5.69 Å². The van der Waals surface area contributed by atoms with Gasteiger partial charge in [-0.05, 0) is 37.3 Å². The van der Waals surface area contributed by atoms with Crippen LogP contribution >= 0.6 is 23.4 Å². The van der Waals surface area contributed by atoms with E-state index in [0.29, 0.717) is 22.6 Å². The van der Waals surface area contributed by atoms with Crippen LogP contribution in [0.5, 0.6) is 5.75 Å². The van der Waals surface area contributed by atoms with Crippen LogP contribution in [0.3, 0.4) is 0 Å². The Kier molecular flexibility index (Phi) is 4.26. The first-order valence-electron chi connectivity index (χ1n) is 6.42. The topological polar surface area (TPSA) is 52.3 Å². The van der Waals surface area contributed by atoms with E-state index in [0.717, 1.165) is 17.2 Å². The molecule has 0 aliphatic heterocycles. The van der Waals surface area contributed by atoms with Crippen molar-refractivity contribution in [2.75, 3.05) is 12.4 Å². The lowest BCUT2D eigenvalue weighted by Gasteiger charge is -2.04. The minimum atomic E-state index is 0.578. The van der Waals surface area contributed by atoms with Crippen LogP contribution in [0.2, 0.25) is 5.02 Å². The molecule has 0 aliphatic carbocycles. The monoisotopic (exact) mass is 320 g/mol. The Bertz CT molecular complexity index is 744. The molecule has 0 atom stereocenters. The summed E-state index contributed by atoms with van der Waals surface area (Å²) in [6.45, 7) is 2.55. The Balaban J connectivity index is 1.54. The van der Waals surface area contributed by atoms with Crippen LogP contribution in [0.25, 0.3) is 5.78 Å². The van der Waals surface area contributed by atoms with E-state index < -0.39 is 0 Å². The highest BCUT2D eigenvalue weighted by Gasteiger charge is 2.06. The number of ether oxygens (including phenoxy) is 1. The van der Waals surface area contributed by atoms with Crippen LogP contribution in [-0.4, -0.2) is 31.9 Å². The van der Waals surface area contributed by atoms with Gasteiger partial charge in [0.1, 0.15) is 5.75 Å². The Morgan fingerprint density at radius 3 is 2.81 bits per heavy atom. The lowest BCUT2D eigenvalue weighted by Crippen LogP contribution is -2.00. The summed E-state index contributed by atoms with van der Waals surface area (Å²) in [5.41, 5.74) is 1.01. The second-order valence-corrected chi connectivity index (χ2v) is 5.84. The van der Waals surface area contributed by atoms with Crippen molar-refractivity contribution in [1.82, 2.24) is 19.6 Å². The molecule has 0 spiro atoms. The van der Waals surface area contributed by atoms with Gasteiger partial charge < -0.3 is 4.74 Å². The van der Waals surface area contributed by atoms with Gasteiger partial charge in [-0.15, -0.1) is 5.10 Å². The van der Waals surface area contributed by atoms with Gasteiger partial charge in [0.05, 0.1) is 6.61 Å². The van der Waals surface area contributed by atoms with Crippen LogP contribution in [0.15, 0.2) is 41.7 Å². The fourth-order valence-corrected chi connectivity index (χ4v) is 2.53. The number of benzene rings is 1. The van der Waals surface area contributed by atoms with Gasteiger partial charge in [0.15, 0.2) is 0 Å². The van der Waals surface area contributed by atoms with Gasteiger partial charge in [-0.2, -0.15) is 4.98 Å². The maximum Gasteiger partial charge on any atom is 0.253 e. The average Bonchev–Trinajstić information content (AvgIpc) is 2.90. The predicted octanol–water partition coefficient (Wildman–Crippen LogP) is 3.26. The molecular weight excluding hydrogens is 308 g/mol. The second-order valence-electron chi connectivity index (χ2n) is 4.34. The third-order valence-corrected chi connectivity index (χ3v) is 3.86. The molecule has 0 aliphatic rings. The number of aryl methyl sites for hydroxylation is 1. The van der Waals surface area contributed by atoms with Gasteiger partial charge in [0, 0.05) is 22.7 Å². The zero-order chi connectivity index (χ0) is 14.7.